The minimum absolute atomic E-state index is 0.282. The van der Waals surface area contributed by atoms with E-state index in [9.17, 15) is 13.2 Å². The summed E-state index contributed by atoms with van der Waals surface area (Å²) in [4.78, 5) is 8.79. The van der Waals surface area contributed by atoms with Crippen molar-refractivity contribution in [1.82, 2.24) is 24.3 Å². The molecule has 34 heavy (non-hydrogen) atoms. The molecule has 1 N–H and O–H groups in total. The molecule has 0 unspecified atom stereocenters. The van der Waals surface area contributed by atoms with Crippen LogP contribution in [0.4, 0.5) is 13.2 Å². The summed E-state index contributed by atoms with van der Waals surface area (Å²) in [6.45, 7) is 4.51. The van der Waals surface area contributed by atoms with Gasteiger partial charge in [0, 0.05) is 23.8 Å². The number of pyridine rings is 1. The first kappa shape index (κ1) is 23.2. The summed E-state index contributed by atoms with van der Waals surface area (Å²) < 4.78 is 44.5. The van der Waals surface area contributed by atoms with Gasteiger partial charge in [-0.15, -0.1) is 13.2 Å². The zero-order chi connectivity index (χ0) is 24.3. The average molecular weight is 468 g/mol. The van der Waals surface area contributed by atoms with Gasteiger partial charge in [0.2, 0.25) is 0 Å². The third-order valence-corrected chi connectivity index (χ3v) is 5.16. The lowest BCUT2D eigenvalue weighted by Crippen LogP contribution is -2.17. The number of ether oxygens (including phenoxy) is 1. The van der Waals surface area contributed by atoms with E-state index >= 15 is 0 Å². The number of nitrogens with one attached hydrogen (secondary N) is 1. The van der Waals surface area contributed by atoms with Gasteiger partial charge in [-0.3, -0.25) is 9.67 Å². The Morgan fingerprint density at radius 2 is 1.82 bits per heavy atom. The summed E-state index contributed by atoms with van der Waals surface area (Å²) in [6.07, 6.45) is 1.99. The van der Waals surface area contributed by atoms with Crippen LogP contribution in [0.25, 0.3) is 17.1 Å². The van der Waals surface area contributed by atoms with Gasteiger partial charge in [0.25, 0.3) is 0 Å². The molecule has 4 rings (SSSR count). The van der Waals surface area contributed by atoms with Crippen LogP contribution in [0.1, 0.15) is 36.7 Å². The van der Waals surface area contributed by atoms with E-state index in [1.165, 1.54) is 24.3 Å². The molecule has 0 spiro atoms. The molecule has 7 nitrogen and oxygen atoms in total. The lowest BCUT2D eigenvalue weighted by Gasteiger charge is -2.09. The number of halogens is 3. The first-order chi connectivity index (χ1) is 16.2. The number of hydrogen-bond donors (Lipinski definition) is 1. The van der Waals surface area contributed by atoms with Gasteiger partial charge >= 0.3 is 6.36 Å². The highest BCUT2D eigenvalue weighted by molar-refractivity contribution is 5.96. The fourth-order valence-electron chi connectivity index (χ4n) is 3.46. The second kappa shape index (κ2) is 9.50. The van der Waals surface area contributed by atoms with E-state index in [1.807, 2.05) is 36.7 Å². The minimum Gasteiger partial charge on any atom is -0.406 e. The molecule has 176 valence electrons. The number of hydrogen-bond acceptors (Lipinski definition) is 5. The van der Waals surface area contributed by atoms with Crippen LogP contribution in [0.2, 0.25) is 0 Å². The summed E-state index contributed by atoms with van der Waals surface area (Å²) in [5, 5.41) is 12.7. The molecule has 0 radical (unpaired) electrons. The van der Waals surface area contributed by atoms with Crippen molar-refractivity contribution in [3.63, 3.8) is 0 Å². The highest BCUT2D eigenvalue weighted by Gasteiger charge is 2.31. The molecule has 10 heteroatoms. The Morgan fingerprint density at radius 3 is 2.47 bits per heavy atom. The van der Waals surface area contributed by atoms with Crippen LogP contribution in [-0.4, -0.2) is 36.4 Å². The highest BCUT2D eigenvalue weighted by atomic mass is 19.4. The van der Waals surface area contributed by atoms with Crippen LogP contribution >= 0.6 is 0 Å². The molecule has 0 amide bonds. The number of nitrogens with zero attached hydrogens (tertiary/aromatic N) is 5. The summed E-state index contributed by atoms with van der Waals surface area (Å²) in [5.74, 6) is -0.282. The predicted molar refractivity (Wildman–Crippen MR) is 121 cm³/mol. The minimum atomic E-state index is -4.73. The van der Waals surface area contributed by atoms with Crippen LogP contribution in [0.3, 0.4) is 0 Å². The van der Waals surface area contributed by atoms with E-state index < -0.39 is 6.36 Å². The predicted octanol–water partition coefficient (Wildman–Crippen LogP) is 5.55. The Hall–Kier alpha value is -3.95. The van der Waals surface area contributed by atoms with E-state index in [-0.39, 0.29) is 5.75 Å². The Morgan fingerprint density at radius 1 is 1.06 bits per heavy atom. The average Bonchev–Trinajstić information content (AvgIpc) is 3.41. The molecule has 3 heterocycles. The molecule has 0 fully saturated rings. The van der Waals surface area contributed by atoms with Gasteiger partial charge in [0.1, 0.15) is 17.1 Å². The second-order valence-electron chi connectivity index (χ2n) is 7.82. The smallest absolute Gasteiger partial charge is 0.406 e. The van der Waals surface area contributed by atoms with Crippen molar-refractivity contribution in [2.45, 2.75) is 39.6 Å². The molecule has 0 aliphatic heterocycles. The van der Waals surface area contributed by atoms with Crippen molar-refractivity contribution < 1.29 is 17.9 Å². The SMILES string of the molecule is CCCC(=N)c1ccc(Cn2nc(-c3cn(-c4ccc(OC(F)(F)F)cc4)cn3)cc2C)cn1. The maximum Gasteiger partial charge on any atom is 0.573 e. The van der Waals surface area contributed by atoms with Crippen molar-refractivity contribution in [2.24, 2.45) is 0 Å². The molecule has 0 bridgehead atoms. The van der Waals surface area contributed by atoms with Crippen molar-refractivity contribution >= 4 is 5.71 Å². The normalized spacial score (nSPS) is 11.6. The number of rotatable bonds is 8. The molecule has 4 aromatic rings. The molecule has 1 aromatic carbocycles. The first-order valence-electron chi connectivity index (χ1n) is 10.7. The first-order valence-corrected chi connectivity index (χ1v) is 10.7. The Labute approximate surface area is 194 Å². The lowest BCUT2D eigenvalue weighted by atomic mass is 10.1. The Bertz CT molecular complexity index is 1270. The molecule has 0 saturated carbocycles. The third-order valence-electron chi connectivity index (χ3n) is 5.16. The van der Waals surface area contributed by atoms with E-state index in [0.29, 0.717) is 41.4 Å². The number of imidazole rings is 1. The zero-order valence-corrected chi connectivity index (χ0v) is 18.7. The highest BCUT2D eigenvalue weighted by Crippen LogP contribution is 2.25. The Balaban J connectivity index is 1.47. The number of aryl methyl sites for hydroxylation is 1. The van der Waals surface area contributed by atoms with Gasteiger partial charge in [-0.2, -0.15) is 5.10 Å². The van der Waals surface area contributed by atoms with Crippen molar-refractivity contribution in [3.05, 3.63) is 78.1 Å². The molecule has 3 aromatic heterocycles. The van der Waals surface area contributed by atoms with Gasteiger partial charge < -0.3 is 14.7 Å². The fourth-order valence-corrected chi connectivity index (χ4v) is 3.46. The number of alkyl halides is 3. The quantitative estimate of drug-likeness (QED) is 0.344. The largest absolute Gasteiger partial charge is 0.573 e. The number of benzene rings is 1. The van der Waals surface area contributed by atoms with Crippen LogP contribution in [-0.2, 0) is 6.54 Å². The number of aromatic nitrogens is 5. The van der Waals surface area contributed by atoms with Gasteiger partial charge in [-0.25, -0.2) is 4.98 Å². The molecule has 0 aliphatic carbocycles. The van der Waals surface area contributed by atoms with Gasteiger partial charge in [0.05, 0.1) is 24.3 Å². The van der Waals surface area contributed by atoms with Crippen molar-refractivity contribution in [2.75, 3.05) is 0 Å². The third kappa shape index (κ3) is 5.51. The van der Waals surface area contributed by atoms with Gasteiger partial charge in [-0.1, -0.05) is 19.4 Å². The van der Waals surface area contributed by atoms with Crippen LogP contribution in [0.15, 0.2) is 61.2 Å². The van der Waals surface area contributed by atoms with Crippen LogP contribution in [0.5, 0.6) is 5.75 Å². The van der Waals surface area contributed by atoms with Crippen LogP contribution in [0, 0.1) is 12.3 Å². The molecule has 0 aliphatic rings. The summed E-state index contributed by atoms with van der Waals surface area (Å²) in [5.41, 5.74) is 5.10. The Kier molecular flexibility index (Phi) is 6.49. The monoisotopic (exact) mass is 468 g/mol. The van der Waals surface area contributed by atoms with Gasteiger partial charge in [-0.05, 0) is 55.3 Å². The van der Waals surface area contributed by atoms with E-state index in [4.69, 9.17) is 5.41 Å². The van der Waals surface area contributed by atoms with E-state index in [1.54, 1.807) is 23.3 Å². The summed E-state index contributed by atoms with van der Waals surface area (Å²) in [6, 6.07) is 11.3. The van der Waals surface area contributed by atoms with E-state index in [0.717, 1.165) is 17.7 Å². The summed E-state index contributed by atoms with van der Waals surface area (Å²) in [7, 11) is 0. The lowest BCUT2D eigenvalue weighted by molar-refractivity contribution is -0.274. The standard InChI is InChI=1S/C24H23F3N6O/c1-3-4-20(28)21-10-5-17(12-29-21)13-33-16(2)11-22(31-33)23-14-32(15-30-23)18-6-8-19(9-7-18)34-24(25,26)27/h5-12,14-15,28H,3-4,13H2,1-2H3. The maximum atomic E-state index is 12.3. The maximum absolute atomic E-state index is 12.3. The van der Waals surface area contributed by atoms with Gasteiger partial charge in [0.15, 0.2) is 0 Å². The molecular formula is C24H23F3N6O. The zero-order valence-electron chi connectivity index (χ0n) is 18.7. The van der Waals surface area contributed by atoms with Crippen molar-refractivity contribution in [3.8, 4) is 22.8 Å². The van der Waals surface area contributed by atoms with Crippen LogP contribution < -0.4 is 4.74 Å². The molecule has 0 saturated heterocycles. The summed E-state index contributed by atoms with van der Waals surface area (Å²) >= 11 is 0. The molecular weight excluding hydrogens is 445 g/mol. The molecule has 0 atom stereocenters. The van der Waals surface area contributed by atoms with E-state index in [2.05, 4.69) is 19.8 Å². The topological polar surface area (TPSA) is 81.6 Å². The van der Waals surface area contributed by atoms with Crippen molar-refractivity contribution in [1.29, 1.82) is 5.41 Å². The fraction of sp³-hybridized carbons (Fsp3) is 0.250. The second-order valence-corrected chi connectivity index (χ2v) is 7.82.